The van der Waals surface area contributed by atoms with Crippen molar-refractivity contribution in [3.63, 3.8) is 0 Å². The summed E-state index contributed by atoms with van der Waals surface area (Å²) in [6.07, 6.45) is 1.15. The number of carbonyl (C=O) groups excluding carboxylic acids is 2. The summed E-state index contributed by atoms with van der Waals surface area (Å²) in [5.41, 5.74) is 0.0303. The van der Waals surface area contributed by atoms with Crippen LogP contribution in [0.3, 0.4) is 0 Å². The summed E-state index contributed by atoms with van der Waals surface area (Å²) in [5, 5.41) is 10.4. The third-order valence-electron chi connectivity index (χ3n) is 2.67. The lowest BCUT2D eigenvalue weighted by Crippen LogP contribution is -2.23. The van der Waals surface area contributed by atoms with Gasteiger partial charge in [0.1, 0.15) is 6.26 Å². The first kappa shape index (κ1) is 14.9. The number of hydrogen-bond donors (Lipinski definition) is 2. The number of hydrogen-bond acceptors (Lipinski definition) is 8. The van der Waals surface area contributed by atoms with Gasteiger partial charge in [-0.15, -0.1) is 11.3 Å². The van der Waals surface area contributed by atoms with Crippen LogP contribution in [0.15, 0.2) is 32.7 Å². The molecule has 23 heavy (non-hydrogen) atoms. The number of thiophene rings is 1. The van der Waals surface area contributed by atoms with Gasteiger partial charge in [-0.25, -0.2) is 0 Å². The summed E-state index contributed by atoms with van der Waals surface area (Å²) in [6.45, 7) is 1.75. The number of nitrogens with one attached hydrogen (secondary N) is 2. The van der Waals surface area contributed by atoms with Crippen molar-refractivity contribution in [1.29, 1.82) is 0 Å². The van der Waals surface area contributed by atoms with E-state index in [0.29, 0.717) is 10.7 Å². The SMILES string of the molecule is Cc1noc(CNC(=O)c2coc(NC(=O)c3cccs3)n2)n1. The van der Waals surface area contributed by atoms with Crippen molar-refractivity contribution in [3.8, 4) is 0 Å². The maximum Gasteiger partial charge on any atom is 0.302 e. The minimum Gasteiger partial charge on any atom is -0.431 e. The Kier molecular flexibility index (Phi) is 4.15. The van der Waals surface area contributed by atoms with E-state index in [1.54, 1.807) is 24.4 Å². The predicted octanol–water partition coefficient (Wildman–Crippen LogP) is 1.61. The van der Waals surface area contributed by atoms with Gasteiger partial charge in [-0.1, -0.05) is 11.2 Å². The number of nitrogens with zero attached hydrogens (tertiary/aromatic N) is 3. The smallest absolute Gasteiger partial charge is 0.302 e. The molecular formula is C13H11N5O4S. The molecule has 3 rings (SSSR count). The summed E-state index contributed by atoms with van der Waals surface area (Å²) in [4.78, 5) is 32.1. The van der Waals surface area contributed by atoms with E-state index in [1.807, 2.05) is 0 Å². The molecule has 0 spiro atoms. The van der Waals surface area contributed by atoms with Crippen LogP contribution in [0.5, 0.6) is 0 Å². The van der Waals surface area contributed by atoms with Gasteiger partial charge < -0.3 is 14.3 Å². The van der Waals surface area contributed by atoms with Crippen LogP contribution in [0.1, 0.15) is 31.9 Å². The number of aryl methyl sites for hydroxylation is 1. The second-order valence-electron chi connectivity index (χ2n) is 4.39. The van der Waals surface area contributed by atoms with Gasteiger partial charge in [0.2, 0.25) is 5.89 Å². The molecule has 118 valence electrons. The fourth-order valence-corrected chi connectivity index (χ4v) is 2.28. The maximum atomic E-state index is 11.9. The highest BCUT2D eigenvalue weighted by atomic mass is 32.1. The molecule has 0 aliphatic heterocycles. The molecule has 3 aromatic rings. The van der Waals surface area contributed by atoms with Crippen molar-refractivity contribution in [1.82, 2.24) is 20.4 Å². The minimum absolute atomic E-state index is 0.0303. The lowest BCUT2D eigenvalue weighted by atomic mass is 10.4. The Morgan fingerprint density at radius 2 is 2.17 bits per heavy atom. The molecule has 0 aromatic carbocycles. The second kappa shape index (κ2) is 6.40. The second-order valence-corrected chi connectivity index (χ2v) is 5.34. The fraction of sp³-hybridized carbons (Fsp3) is 0.154. The number of rotatable bonds is 5. The molecule has 0 radical (unpaired) electrons. The number of carbonyl (C=O) groups is 2. The number of aromatic nitrogens is 3. The Bertz CT molecular complexity index is 823. The Morgan fingerprint density at radius 3 is 2.87 bits per heavy atom. The molecular weight excluding hydrogens is 322 g/mol. The van der Waals surface area contributed by atoms with E-state index < -0.39 is 5.91 Å². The number of amides is 2. The van der Waals surface area contributed by atoms with Gasteiger partial charge in [-0.05, 0) is 18.4 Å². The molecule has 9 nitrogen and oxygen atoms in total. The van der Waals surface area contributed by atoms with E-state index >= 15 is 0 Å². The Hall–Kier alpha value is -3.01. The van der Waals surface area contributed by atoms with Gasteiger partial charge in [-0.3, -0.25) is 14.9 Å². The first-order chi connectivity index (χ1) is 11.1. The summed E-state index contributed by atoms with van der Waals surface area (Å²) in [7, 11) is 0. The topological polar surface area (TPSA) is 123 Å². The van der Waals surface area contributed by atoms with Gasteiger partial charge in [0, 0.05) is 0 Å². The lowest BCUT2D eigenvalue weighted by Gasteiger charge is -1.98. The first-order valence-electron chi connectivity index (χ1n) is 6.49. The molecule has 10 heteroatoms. The van der Waals surface area contributed by atoms with E-state index in [9.17, 15) is 9.59 Å². The van der Waals surface area contributed by atoms with Gasteiger partial charge in [0.05, 0.1) is 11.4 Å². The molecule has 2 N–H and O–H groups in total. The van der Waals surface area contributed by atoms with Gasteiger partial charge in [0.15, 0.2) is 11.5 Å². The van der Waals surface area contributed by atoms with Crippen LogP contribution >= 0.6 is 11.3 Å². The van der Waals surface area contributed by atoms with Crippen LogP contribution < -0.4 is 10.6 Å². The Balaban J connectivity index is 1.57. The van der Waals surface area contributed by atoms with E-state index in [2.05, 4.69) is 25.8 Å². The highest BCUT2D eigenvalue weighted by Gasteiger charge is 2.16. The molecule has 3 aromatic heterocycles. The van der Waals surface area contributed by atoms with E-state index in [0.717, 1.165) is 6.26 Å². The highest BCUT2D eigenvalue weighted by molar-refractivity contribution is 7.12. The minimum atomic E-state index is -0.485. The maximum absolute atomic E-state index is 11.9. The summed E-state index contributed by atoms with van der Waals surface area (Å²) < 4.78 is 9.93. The largest absolute Gasteiger partial charge is 0.431 e. The molecule has 0 atom stereocenters. The summed E-state index contributed by atoms with van der Waals surface area (Å²) in [6, 6.07) is 3.37. The normalized spacial score (nSPS) is 10.5. The zero-order valence-electron chi connectivity index (χ0n) is 11.9. The van der Waals surface area contributed by atoms with Crippen LogP contribution in [0, 0.1) is 6.92 Å². The van der Waals surface area contributed by atoms with E-state index in [4.69, 9.17) is 8.94 Å². The van der Waals surface area contributed by atoms with Crippen molar-refractivity contribution in [2.75, 3.05) is 5.32 Å². The quantitative estimate of drug-likeness (QED) is 0.727. The van der Waals surface area contributed by atoms with Crippen molar-refractivity contribution < 1.29 is 18.5 Å². The van der Waals surface area contributed by atoms with Crippen LogP contribution in [0.2, 0.25) is 0 Å². The van der Waals surface area contributed by atoms with Crippen LogP contribution in [-0.4, -0.2) is 26.9 Å². The Morgan fingerprint density at radius 1 is 1.30 bits per heavy atom. The van der Waals surface area contributed by atoms with E-state index in [-0.39, 0.29) is 30.1 Å². The zero-order chi connectivity index (χ0) is 16.2. The average Bonchev–Trinajstić information content (AvgIpc) is 3.26. The molecule has 0 saturated heterocycles. The zero-order valence-corrected chi connectivity index (χ0v) is 12.7. The average molecular weight is 333 g/mol. The molecule has 0 unspecified atom stereocenters. The molecule has 0 aliphatic carbocycles. The van der Waals surface area contributed by atoms with Gasteiger partial charge >= 0.3 is 6.01 Å². The highest BCUT2D eigenvalue weighted by Crippen LogP contribution is 2.13. The number of anilines is 1. The molecule has 3 heterocycles. The van der Waals surface area contributed by atoms with Crippen molar-refractivity contribution in [2.45, 2.75) is 13.5 Å². The first-order valence-corrected chi connectivity index (χ1v) is 7.37. The Labute approximate surface area is 133 Å². The standard InChI is InChI=1S/C13H11N5O4S/c1-7-15-10(22-18-7)5-14-11(19)8-6-21-13(16-8)17-12(20)9-3-2-4-23-9/h2-4,6H,5H2,1H3,(H,14,19)(H,16,17,20). The van der Waals surface area contributed by atoms with Crippen molar-refractivity contribution in [3.05, 3.63) is 46.1 Å². The molecule has 0 aliphatic rings. The van der Waals surface area contributed by atoms with Gasteiger partial charge in [0.25, 0.3) is 11.8 Å². The van der Waals surface area contributed by atoms with Crippen LogP contribution in [-0.2, 0) is 6.54 Å². The predicted molar refractivity (Wildman–Crippen MR) is 79.0 cm³/mol. The van der Waals surface area contributed by atoms with Crippen molar-refractivity contribution in [2.24, 2.45) is 0 Å². The van der Waals surface area contributed by atoms with Crippen LogP contribution in [0.25, 0.3) is 0 Å². The van der Waals surface area contributed by atoms with Crippen molar-refractivity contribution >= 4 is 29.2 Å². The molecule has 2 amide bonds. The fourth-order valence-electron chi connectivity index (χ4n) is 1.66. The molecule has 0 fully saturated rings. The molecule has 0 bridgehead atoms. The lowest BCUT2D eigenvalue weighted by molar-refractivity contribution is 0.0940. The third-order valence-corrected chi connectivity index (χ3v) is 3.54. The summed E-state index contributed by atoms with van der Waals surface area (Å²) in [5.74, 6) is -0.0730. The summed E-state index contributed by atoms with van der Waals surface area (Å²) >= 11 is 1.29. The monoisotopic (exact) mass is 333 g/mol. The van der Waals surface area contributed by atoms with Gasteiger partial charge in [-0.2, -0.15) is 9.97 Å². The van der Waals surface area contributed by atoms with E-state index in [1.165, 1.54) is 11.3 Å². The molecule has 0 saturated carbocycles. The van der Waals surface area contributed by atoms with Crippen LogP contribution in [0.4, 0.5) is 6.01 Å². The number of oxazole rings is 1. The third kappa shape index (κ3) is 3.61.